The number of benzene rings is 1. The number of hydrogen-bond donors (Lipinski definition) is 2. The second-order valence-electron chi connectivity index (χ2n) is 3.91. The van der Waals surface area contributed by atoms with Crippen LogP contribution in [0.1, 0.15) is 5.82 Å². The molecule has 0 aliphatic heterocycles. The van der Waals surface area contributed by atoms with Crippen LogP contribution < -0.4 is 10.1 Å². The number of rotatable bonds is 6. The average Bonchev–Trinajstić information content (AvgIpc) is 2.84. The summed E-state index contributed by atoms with van der Waals surface area (Å²) in [5.74, 6) is 0.251. The number of aromatic amines is 1. The first-order valence-corrected chi connectivity index (χ1v) is 6.88. The molecule has 0 fully saturated rings. The summed E-state index contributed by atoms with van der Waals surface area (Å²) < 4.78 is 28.8. The van der Waals surface area contributed by atoms with Crippen molar-refractivity contribution in [1.29, 1.82) is 0 Å². The van der Waals surface area contributed by atoms with Gasteiger partial charge in [-0.05, 0) is 19.1 Å². The first-order chi connectivity index (χ1) is 10.0. The second kappa shape index (κ2) is 7.02. The molecule has 0 saturated heterocycles. The number of amides is 1. The fraction of sp³-hybridized carbons (Fsp3) is 0.250. The molecule has 2 rings (SSSR count). The Morgan fingerprint density at radius 2 is 2.24 bits per heavy atom. The van der Waals surface area contributed by atoms with E-state index in [9.17, 15) is 13.6 Å². The molecule has 2 aromatic rings. The van der Waals surface area contributed by atoms with Crippen LogP contribution in [0, 0.1) is 6.92 Å². The molecule has 0 aliphatic carbocycles. The third-order valence-corrected chi connectivity index (χ3v) is 3.13. The van der Waals surface area contributed by atoms with E-state index in [-0.39, 0.29) is 23.1 Å². The van der Waals surface area contributed by atoms with Crippen molar-refractivity contribution in [3.05, 3.63) is 30.1 Å². The molecule has 0 spiro atoms. The Morgan fingerprint density at radius 1 is 1.48 bits per heavy atom. The van der Waals surface area contributed by atoms with Gasteiger partial charge < -0.3 is 10.1 Å². The largest absolute Gasteiger partial charge is 0.433 e. The number of alkyl halides is 2. The van der Waals surface area contributed by atoms with E-state index in [1.807, 2.05) is 0 Å². The Hall–Kier alpha value is -2.16. The highest BCUT2D eigenvalue weighted by atomic mass is 32.2. The Morgan fingerprint density at radius 3 is 2.90 bits per heavy atom. The van der Waals surface area contributed by atoms with Crippen LogP contribution in [0.25, 0.3) is 0 Å². The minimum atomic E-state index is -2.95. The number of anilines is 1. The molecule has 1 amide bonds. The van der Waals surface area contributed by atoms with E-state index in [0.29, 0.717) is 11.0 Å². The van der Waals surface area contributed by atoms with Gasteiger partial charge >= 0.3 is 6.61 Å². The summed E-state index contributed by atoms with van der Waals surface area (Å²) in [6, 6.07) is 5.99. The maximum Gasteiger partial charge on any atom is 0.387 e. The van der Waals surface area contributed by atoms with Gasteiger partial charge in [0.1, 0.15) is 11.6 Å². The summed E-state index contributed by atoms with van der Waals surface area (Å²) in [5, 5.41) is 9.48. The summed E-state index contributed by atoms with van der Waals surface area (Å²) in [6.45, 7) is -1.21. The molecule has 1 heterocycles. The lowest BCUT2D eigenvalue weighted by Crippen LogP contribution is -2.15. The summed E-state index contributed by atoms with van der Waals surface area (Å²) in [6.07, 6.45) is 0. The van der Waals surface area contributed by atoms with E-state index in [0.717, 1.165) is 11.8 Å². The summed E-state index contributed by atoms with van der Waals surface area (Å²) in [5.41, 5.74) is 0.189. The number of nitrogens with zero attached hydrogens (tertiary/aromatic N) is 2. The van der Waals surface area contributed by atoms with E-state index in [1.165, 1.54) is 12.1 Å². The van der Waals surface area contributed by atoms with E-state index in [1.54, 1.807) is 19.1 Å². The standard InChI is InChI=1S/C12H12F2N4O2S/c1-7-15-12(18-17-7)21-6-10(19)16-8-4-2-3-5-9(8)20-11(13)14/h2-5,11H,6H2,1H3,(H,16,19)(H,15,17,18). The fourth-order valence-corrected chi connectivity index (χ4v) is 2.12. The maximum absolute atomic E-state index is 12.3. The van der Waals surface area contributed by atoms with E-state index >= 15 is 0 Å². The van der Waals surface area contributed by atoms with Crippen molar-refractivity contribution >= 4 is 23.4 Å². The zero-order chi connectivity index (χ0) is 15.2. The highest BCUT2D eigenvalue weighted by molar-refractivity contribution is 7.99. The van der Waals surface area contributed by atoms with Crippen LogP contribution in [0.2, 0.25) is 0 Å². The molecule has 0 aliphatic rings. The lowest BCUT2D eigenvalue weighted by atomic mass is 10.3. The fourth-order valence-electron chi connectivity index (χ4n) is 1.47. The molecule has 0 unspecified atom stereocenters. The number of nitrogens with one attached hydrogen (secondary N) is 2. The highest BCUT2D eigenvalue weighted by Gasteiger charge is 2.12. The normalized spacial score (nSPS) is 10.7. The molecule has 0 bridgehead atoms. The molecule has 2 N–H and O–H groups in total. The van der Waals surface area contributed by atoms with Crippen molar-refractivity contribution in [3.63, 3.8) is 0 Å². The van der Waals surface area contributed by atoms with Crippen LogP contribution in [-0.2, 0) is 4.79 Å². The summed E-state index contributed by atoms with van der Waals surface area (Å²) >= 11 is 1.13. The predicted molar refractivity (Wildman–Crippen MR) is 73.5 cm³/mol. The monoisotopic (exact) mass is 314 g/mol. The molecule has 0 radical (unpaired) electrons. The number of H-pyrrole nitrogens is 1. The van der Waals surface area contributed by atoms with Gasteiger partial charge in [0.25, 0.3) is 0 Å². The van der Waals surface area contributed by atoms with Crippen LogP contribution >= 0.6 is 11.8 Å². The van der Waals surface area contributed by atoms with E-state index < -0.39 is 6.61 Å². The van der Waals surface area contributed by atoms with Crippen molar-refractivity contribution in [1.82, 2.24) is 15.2 Å². The van der Waals surface area contributed by atoms with Gasteiger partial charge in [0.2, 0.25) is 11.1 Å². The van der Waals surface area contributed by atoms with Crippen molar-refractivity contribution in [2.45, 2.75) is 18.7 Å². The molecule has 0 atom stereocenters. The lowest BCUT2D eigenvalue weighted by Gasteiger charge is -2.11. The Labute approximate surface area is 123 Å². The number of aryl methyl sites for hydroxylation is 1. The van der Waals surface area contributed by atoms with Gasteiger partial charge in [-0.25, -0.2) is 4.98 Å². The minimum absolute atomic E-state index is 0.0559. The molecule has 9 heteroatoms. The van der Waals surface area contributed by atoms with Gasteiger partial charge in [-0.15, -0.1) is 5.10 Å². The summed E-state index contributed by atoms with van der Waals surface area (Å²) in [4.78, 5) is 15.8. The molecule has 112 valence electrons. The number of hydrogen-bond acceptors (Lipinski definition) is 5. The second-order valence-corrected chi connectivity index (χ2v) is 4.86. The Balaban J connectivity index is 1.93. The van der Waals surface area contributed by atoms with Gasteiger partial charge in [-0.3, -0.25) is 9.89 Å². The zero-order valence-electron chi connectivity index (χ0n) is 11.0. The highest BCUT2D eigenvalue weighted by Crippen LogP contribution is 2.25. The Bertz CT molecular complexity index is 621. The lowest BCUT2D eigenvalue weighted by molar-refractivity contribution is -0.113. The number of aromatic nitrogens is 3. The third-order valence-electron chi connectivity index (χ3n) is 2.29. The number of thioether (sulfide) groups is 1. The van der Waals surface area contributed by atoms with Crippen molar-refractivity contribution in [2.24, 2.45) is 0 Å². The average molecular weight is 314 g/mol. The van der Waals surface area contributed by atoms with Gasteiger partial charge in [-0.2, -0.15) is 8.78 Å². The number of halogens is 2. The number of carbonyl (C=O) groups is 1. The van der Waals surface area contributed by atoms with Gasteiger partial charge in [-0.1, -0.05) is 23.9 Å². The molecule has 6 nitrogen and oxygen atoms in total. The molecule has 21 heavy (non-hydrogen) atoms. The Kier molecular flexibility index (Phi) is 5.09. The molecular formula is C12H12F2N4O2S. The van der Waals surface area contributed by atoms with E-state index in [4.69, 9.17) is 0 Å². The SMILES string of the molecule is Cc1nc(SCC(=O)Nc2ccccc2OC(F)F)n[nH]1. The zero-order valence-corrected chi connectivity index (χ0v) is 11.8. The molecule has 1 aromatic heterocycles. The predicted octanol–water partition coefficient (Wildman–Crippen LogP) is 2.45. The van der Waals surface area contributed by atoms with Gasteiger partial charge in [0.15, 0.2) is 0 Å². The number of ether oxygens (including phenoxy) is 1. The van der Waals surface area contributed by atoms with Crippen molar-refractivity contribution < 1.29 is 18.3 Å². The summed E-state index contributed by atoms with van der Waals surface area (Å²) in [7, 11) is 0. The molecule has 0 saturated carbocycles. The molecular weight excluding hydrogens is 302 g/mol. The van der Waals surface area contributed by atoms with Crippen molar-refractivity contribution in [3.8, 4) is 5.75 Å². The first kappa shape index (κ1) is 15.2. The maximum atomic E-state index is 12.3. The minimum Gasteiger partial charge on any atom is -0.433 e. The van der Waals surface area contributed by atoms with Crippen LogP contribution in [0.5, 0.6) is 5.75 Å². The van der Waals surface area contributed by atoms with Crippen molar-refractivity contribution in [2.75, 3.05) is 11.1 Å². The third kappa shape index (κ3) is 4.71. The van der Waals surface area contributed by atoms with Crippen LogP contribution in [-0.4, -0.2) is 33.5 Å². The number of para-hydroxylation sites is 2. The first-order valence-electron chi connectivity index (χ1n) is 5.90. The quantitative estimate of drug-likeness (QED) is 0.801. The van der Waals surface area contributed by atoms with Gasteiger partial charge in [0.05, 0.1) is 11.4 Å². The smallest absolute Gasteiger partial charge is 0.387 e. The van der Waals surface area contributed by atoms with E-state index in [2.05, 4.69) is 25.2 Å². The topological polar surface area (TPSA) is 79.9 Å². The van der Waals surface area contributed by atoms with Crippen LogP contribution in [0.15, 0.2) is 29.4 Å². The van der Waals surface area contributed by atoms with Crippen LogP contribution in [0.3, 0.4) is 0 Å². The van der Waals surface area contributed by atoms with Gasteiger partial charge in [0, 0.05) is 0 Å². The molecule has 1 aromatic carbocycles. The number of carbonyl (C=O) groups excluding carboxylic acids is 1. The van der Waals surface area contributed by atoms with Crippen LogP contribution in [0.4, 0.5) is 14.5 Å².